The molecule has 0 aromatic carbocycles. The molecule has 2 heterocycles. The molecular formula is C19H24N4O4. The first-order valence-corrected chi connectivity index (χ1v) is 9.34. The zero-order chi connectivity index (χ0) is 19.2. The molecule has 2 aromatic rings. The van der Waals surface area contributed by atoms with Crippen molar-refractivity contribution >= 4 is 5.91 Å². The third-order valence-corrected chi connectivity index (χ3v) is 5.08. The van der Waals surface area contributed by atoms with E-state index in [0.717, 1.165) is 18.4 Å². The molecule has 4 rings (SSSR count). The summed E-state index contributed by atoms with van der Waals surface area (Å²) in [5, 5.41) is 6.64. The van der Waals surface area contributed by atoms with Crippen LogP contribution in [0.5, 0.6) is 5.88 Å². The summed E-state index contributed by atoms with van der Waals surface area (Å²) in [6, 6.07) is 3.67. The minimum atomic E-state index is -0.899. The van der Waals surface area contributed by atoms with Crippen LogP contribution in [0.2, 0.25) is 0 Å². The summed E-state index contributed by atoms with van der Waals surface area (Å²) < 4.78 is 11.9. The average molecular weight is 372 g/mol. The number of rotatable bonds is 7. The molecule has 0 spiro atoms. The van der Waals surface area contributed by atoms with Crippen LogP contribution >= 0.6 is 0 Å². The van der Waals surface area contributed by atoms with Crippen LogP contribution in [0.4, 0.5) is 0 Å². The van der Waals surface area contributed by atoms with E-state index >= 15 is 0 Å². The summed E-state index contributed by atoms with van der Waals surface area (Å²) in [6.45, 7) is 4.17. The molecule has 2 aliphatic rings. The van der Waals surface area contributed by atoms with Crippen LogP contribution in [0.15, 0.2) is 21.5 Å². The van der Waals surface area contributed by atoms with Gasteiger partial charge in [0.25, 0.3) is 5.91 Å². The van der Waals surface area contributed by atoms with E-state index < -0.39 is 11.3 Å². The number of ether oxygens (including phenoxy) is 1. The Hall–Kier alpha value is -2.64. The first-order valence-electron chi connectivity index (χ1n) is 9.34. The Balaban J connectivity index is 1.54. The Morgan fingerprint density at radius 3 is 2.67 bits per heavy atom. The Labute approximate surface area is 156 Å². The molecule has 2 aliphatic carbocycles. The second kappa shape index (κ2) is 6.51. The summed E-state index contributed by atoms with van der Waals surface area (Å²) in [6.07, 6.45) is 4.67. The average Bonchev–Trinajstić information content (AvgIpc) is 3.53. The van der Waals surface area contributed by atoms with Gasteiger partial charge >= 0.3 is 5.76 Å². The van der Waals surface area contributed by atoms with Crippen molar-refractivity contribution in [3.63, 3.8) is 0 Å². The van der Waals surface area contributed by atoms with E-state index in [4.69, 9.17) is 4.74 Å². The fourth-order valence-corrected chi connectivity index (χ4v) is 3.11. The maximum atomic E-state index is 12.8. The highest BCUT2D eigenvalue weighted by Gasteiger charge is 2.32. The Bertz CT molecular complexity index is 922. The molecule has 0 radical (unpaired) electrons. The highest BCUT2D eigenvalue weighted by Crippen LogP contribution is 2.44. The van der Waals surface area contributed by atoms with Crippen molar-refractivity contribution in [3.05, 3.63) is 39.8 Å². The molecule has 0 atom stereocenters. The van der Waals surface area contributed by atoms with Gasteiger partial charge in [-0.05, 0) is 57.4 Å². The number of hydrogen-bond acceptors (Lipinski definition) is 6. The molecule has 2 fully saturated rings. The number of hydrogen-bond donors (Lipinski definition) is 1. The summed E-state index contributed by atoms with van der Waals surface area (Å²) in [7, 11) is 1.55. The predicted molar refractivity (Wildman–Crippen MR) is 96.7 cm³/mol. The van der Waals surface area contributed by atoms with Crippen molar-refractivity contribution in [2.45, 2.75) is 51.0 Å². The highest BCUT2D eigenvalue weighted by atomic mass is 16.5. The minimum Gasteiger partial charge on any atom is -0.477 e. The molecule has 1 N–H and O–H groups in total. The molecule has 0 saturated heterocycles. The van der Waals surface area contributed by atoms with Crippen molar-refractivity contribution in [1.82, 2.24) is 20.0 Å². The van der Waals surface area contributed by atoms with Crippen molar-refractivity contribution < 1.29 is 14.1 Å². The van der Waals surface area contributed by atoms with Crippen LogP contribution < -0.4 is 15.8 Å². The zero-order valence-electron chi connectivity index (χ0n) is 15.8. The summed E-state index contributed by atoms with van der Waals surface area (Å²) >= 11 is 0. The molecule has 8 heteroatoms. The second-order valence-corrected chi connectivity index (χ2v) is 8.03. The van der Waals surface area contributed by atoms with E-state index in [9.17, 15) is 9.59 Å². The fraction of sp³-hybridized carbons (Fsp3) is 0.579. The second-order valence-electron chi connectivity index (χ2n) is 8.03. The topological polar surface area (TPSA) is 99.2 Å². The van der Waals surface area contributed by atoms with E-state index in [1.165, 1.54) is 17.4 Å². The van der Waals surface area contributed by atoms with Crippen LogP contribution in [0.25, 0.3) is 0 Å². The van der Waals surface area contributed by atoms with Gasteiger partial charge < -0.3 is 10.1 Å². The molecule has 0 unspecified atom stereocenters. The van der Waals surface area contributed by atoms with Gasteiger partial charge in [0.1, 0.15) is 5.69 Å². The predicted octanol–water partition coefficient (Wildman–Crippen LogP) is 2.10. The van der Waals surface area contributed by atoms with Gasteiger partial charge in [-0.1, -0.05) is 11.2 Å². The number of carbonyl (C=O) groups excluding carboxylic acids is 1. The summed E-state index contributed by atoms with van der Waals surface area (Å²) in [5.74, 6) is 1.09. The van der Waals surface area contributed by atoms with E-state index in [2.05, 4.69) is 20.0 Å². The third-order valence-electron chi connectivity index (χ3n) is 5.08. The number of pyridine rings is 1. The van der Waals surface area contributed by atoms with Crippen LogP contribution in [0, 0.1) is 5.92 Å². The van der Waals surface area contributed by atoms with E-state index in [1.807, 2.05) is 6.07 Å². The number of nitrogens with one attached hydrogen (secondary N) is 1. The largest absolute Gasteiger partial charge is 0.477 e. The van der Waals surface area contributed by atoms with Crippen molar-refractivity contribution in [3.8, 4) is 5.88 Å². The minimum absolute atomic E-state index is 0.284. The number of nitrogens with zero attached hydrogens (tertiary/aromatic N) is 3. The Kier molecular flexibility index (Phi) is 4.28. The van der Waals surface area contributed by atoms with Gasteiger partial charge in [-0.2, -0.15) is 0 Å². The van der Waals surface area contributed by atoms with E-state index in [0.29, 0.717) is 30.1 Å². The molecule has 2 aromatic heterocycles. The van der Waals surface area contributed by atoms with E-state index in [1.54, 1.807) is 27.0 Å². The summed E-state index contributed by atoms with van der Waals surface area (Å²) in [5.41, 5.74) is 0.473. The van der Waals surface area contributed by atoms with Crippen LogP contribution in [0.1, 0.15) is 67.3 Å². The standard InChI is InChI=1S/C19H24N4O4/c1-19(2,17-22-27-18(25)23(17)3)21-15(24)14-9-8-13(12-6-7-12)16(20-14)26-10-11-4-5-11/h8-9,11-12H,4-7,10H2,1-3H3,(H,21,24). The molecular weight excluding hydrogens is 348 g/mol. The monoisotopic (exact) mass is 372 g/mol. The number of aromatic nitrogens is 3. The lowest BCUT2D eigenvalue weighted by atomic mass is 10.0. The Morgan fingerprint density at radius 2 is 2.07 bits per heavy atom. The first kappa shape index (κ1) is 17.8. The summed E-state index contributed by atoms with van der Waals surface area (Å²) in [4.78, 5) is 28.8. The van der Waals surface area contributed by atoms with Gasteiger partial charge in [-0.15, -0.1) is 0 Å². The quantitative estimate of drug-likeness (QED) is 0.799. The van der Waals surface area contributed by atoms with Crippen molar-refractivity contribution in [2.75, 3.05) is 6.61 Å². The van der Waals surface area contributed by atoms with Gasteiger partial charge in [0, 0.05) is 12.6 Å². The van der Waals surface area contributed by atoms with E-state index in [-0.39, 0.29) is 11.6 Å². The van der Waals surface area contributed by atoms with Gasteiger partial charge in [0.2, 0.25) is 5.88 Å². The van der Waals surface area contributed by atoms with Gasteiger partial charge in [0.05, 0.1) is 12.1 Å². The van der Waals surface area contributed by atoms with Crippen LogP contribution in [0.3, 0.4) is 0 Å². The Morgan fingerprint density at radius 1 is 1.33 bits per heavy atom. The lowest BCUT2D eigenvalue weighted by Gasteiger charge is -2.24. The van der Waals surface area contributed by atoms with Gasteiger partial charge in [-0.3, -0.25) is 13.9 Å². The number of carbonyl (C=O) groups is 1. The van der Waals surface area contributed by atoms with Crippen LogP contribution in [-0.2, 0) is 12.6 Å². The van der Waals surface area contributed by atoms with Crippen LogP contribution in [-0.4, -0.2) is 27.2 Å². The lowest BCUT2D eigenvalue weighted by molar-refractivity contribution is 0.0899. The normalized spacial score (nSPS) is 17.0. The molecule has 27 heavy (non-hydrogen) atoms. The number of amides is 1. The maximum Gasteiger partial charge on any atom is 0.441 e. The maximum absolute atomic E-state index is 12.8. The van der Waals surface area contributed by atoms with Crippen molar-refractivity contribution in [2.24, 2.45) is 13.0 Å². The SMILES string of the molecule is Cn1c(C(C)(C)NC(=O)c2ccc(C3CC3)c(OCC3CC3)n2)noc1=O. The highest BCUT2D eigenvalue weighted by molar-refractivity contribution is 5.93. The van der Waals surface area contributed by atoms with Gasteiger partial charge in [0.15, 0.2) is 5.82 Å². The molecule has 0 bridgehead atoms. The molecule has 144 valence electrons. The van der Waals surface area contributed by atoms with Crippen molar-refractivity contribution in [1.29, 1.82) is 0 Å². The molecule has 1 amide bonds. The first-order chi connectivity index (χ1) is 12.8. The zero-order valence-corrected chi connectivity index (χ0v) is 15.8. The molecule has 8 nitrogen and oxygen atoms in total. The molecule has 2 saturated carbocycles. The third kappa shape index (κ3) is 3.74. The van der Waals surface area contributed by atoms with Gasteiger partial charge in [-0.25, -0.2) is 9.78 Å². The molecule has 0 aliphatic heterocycles. The smallest absolute Gasteiger partial charge is 0.441 e. The fourth-order valence-electron chi connectivity index (χ4n) is 3.11. The lowest BCUT2D eigenvalue weighted by Crippen LogP contribution is -2.43.